The van der Waals surface area contributed by atoms with Crippen LogP contribution in [0.1, 0.15) is 26.7 Å². The molecule has 144 valence electrons. The van der Waals surface area contributed by atoms with E-state index in [4.69, 9.17) is 0 Å². The monoisotopic (exact) mass is 383 g/mol. The van der Waals surface area contributed by atoms with Gasteiger partial charge in [0.05, 0.1) is 9.82 Å². The van der Waals surface area contributed by atoms with Gasteiger partial charge in [-0.15, -0.1) is 0 Å². The van der Waals surface area contributed by atoms with Gasteiger partial charge < -0.3 is 4.90 Å². The summed E-state index contributed by atoms with van der Waals surface area (Å²) >= 11 is 0. The van der Waals surface area contributed by atoms with E-state index in [1.165, 1.54) is 16.4 Å². The molecule has 0 aromatic heterocycles. The first kappa shape index (κ1) is 20.3. The highest BCUT2D eigenvalue weighted by atomic mass is 32.2. The van der Waals surface area contributed by atoms with Crippen LogP contribution >= 0.6 is 0 Å². The van der Waals surface area contributed by atoms with E-state index in [0.717, 1.165) is 37.7 Å². The minimum absolute atomic E-state index is 0.0922. The second-order valence-electron chi connectivity index (χ2n) is 6.12. The number of anilines is 1. The molecule has 0 spiro atoms. The highest BCUT2D eigenvalue weighted by molar-refractivity contribution is 7.89. The highest BCUT2D eigenvalue weighted by Crippen LogP contribution is 2.29. The molecule has 1 aromatic rings. The molecule has 1 N–H and O–H groups in total. The van der Waals surface area contributed by atoms with Gasteiger partial charge in [0.15, 0.2) is 0 Å². The first-order valence-corrected chi connectivity index (χ1v) is 10.0. The number of piperidine rings is 1. The van der Waals surface area contributed by atoms with Gasteiger partial charge in [-0.25, -0.2) is 8.42 Å². The summed E-state index contributed by atoms with van der Waals surface area (Å²) in [5.74, 6) is 0. The molecule has 0 unspecified atom stereocenters. The van der Waals surface area contributed by atoms with Crippen molar-refractivity contribution in [2.45, 2.75) is 31.6 Å². The maximum Gasteiger partial charge on any atom is 0.295 e. The van der Waals surface area contributed by atoms with E-state index in [1.807, 2.05) is 7.05 Å². The van der Waals surface area contributed by atoms with Crippen molar-refractivity contribution in [1.29, 1.82) is 0 Å². The van der Waals surface area contributed by atoms with Crippen LogP contribution in [0.15, 0.2) is 28.2 Å². The average molecular weight is 383 g/mol. The molecule has 9 nitrogen and oxygen atoms in total. The Morgan fingerprint density at radius 2 is 1.88 bits per heavy atom. The number of nitro groups is 1. The quantitative estimate of drug-likeness (QED) is 0.571. The smallest absolute Gasteiger partial charge is 0.295 e. The van der Waals surface area contributed by atoms with E-state index < -0.39 is 14.9 Å². The summed E-state index contributed by atoms with van der Waals surface area (Å²) < 4.78 is 26.4. The summed E-state index contributed by atoms with van der Waals surface area (Å²) in [4.78, 5) is 12.9. The second-order valence-corrected chi connectivity index (χ2v) is 8.06. The van der Waals surface area contributed by atoms with Crippen molar-refractivity contribution in [2.24, 2.45) is 5.10 Å². The third-order valence-electron chi connectivity index (χ3n) is 4.41. The molecule has 2 rings (SSSR count). The predicted octanol–water partition coefficient (Wildman–Crippen LogP) is 2.12. The van der Waals surface area contributed by atoms with Crippen LogP contribution in [-0.4, -0.2) is 61.5 Å². The number of benzene rings is 1. The van der Waals surface area contributed by atoms with Crippen molar-refractivity contribution in [1.82, 2.24) is 9.21 Å². The number of nitrogens with one attached hydrogen (secondary N) is 1. The number of sulfonamides is 1. The fourth-order valence-corrected chi connectivity index (χ4v) is 4.24. The SMILES string of the molecule is CCN(CC)S(=O)(=O)c1ccc(NN=C2CCN(C)CC2)c([N+](=O)[O-])c1. The number of hydrogen-bond acceptors (Lipinski definition) is 7. The first-order chi connectivity index (χ1) is 12.3. The molecule has 1 aliphatic rings. The summed E-state index contributed by atoms with van der Waals surface area (Å²) in [5, 5.41) is 15.7. The minimum Gasteiger partial charge on any atom is -0.306 e. The van der Waals surface area contributed by atoms with E-state index in [-0.39, 0.29) is 16.3 Å². The Kier molecular flexibility index (Phi) is 6.68. The third-order valence-corrected chi connectivity index (χ3v) is 6.45. The molecule has 0 saturated carbocycles. The largest absolute Gasteiger partial charge is 0.306 e. The number of hydrazone groups is 1. The topological polar surface area (TPSA) is 108 Å². The summed E-state index contributed by atoms with van der Waals surface area (Å²) in [6.07, 6.45) is 1.59. The lowest BCUT2D eigenvalue weighted by atomic mass is 10.1. The Morgan fingerprint density at radius 1 is 1.27 bits per heavy atom. The van der Waals surface area contributed by atoms with Crippen molar-refractivity contribution in [3.63, 3.8) is 0 Å². The predicted molar refractivity (Wildman–Crippen MR) is 101 cm³/mol. The molecule has 0 bridgehead atoms. The second kappa shape index (κ2) is 8.56. The van der Waals surface area contributed by atoms with Gasteiger partial charge in [0.25, 0.3) is 5.69 Å². The third kappa shape index (κ3) is 4.57. The lowest BCUT2D eigenvalue weighted by Crippen LogP contribution is -2.30. The fraction of sp³-hybridized carbons (Fsp3) is 0.562. The van der Waals surface area contributed by atoms with E-state index in [2.05, 4.69) is 15.4 Å². The van der Waals surface area contributed by atoms with Gasteiger partial charge >= 0.3 is 0 Å². The Balaban J connectivity index is 2.29. The van der Waals surface area contributed by atoms with Crippen molar-refractivity contribution in [2.75, 3.05) is 38.7 Å². The summed E-state index contributed by atoms with van der Waals surface area (Å²) in [5.41, 5.74) is 3.55. The Labute approximate surface area is 153 Å². The summed E-state index contributed by atoms with van der Waals surface area (Å²) in [6.45, 7) is 5.84. The molecule has 1 aliphatic heterocycles. The molecule has 0 aliphatic carbocycles. The molecule has 0 radical (unpaired) electrons. The molecule has 1 heterocycles. The number of rotatable bonds is 7. The Bertz CT molecular complexity index is 780. The Hall–Kier alpha value is -2.04. The lowest BCUT2D eigenvalue weighted by molar-refractivity contribution is -0.384. The van der Waals surface area contributed by atoms with Crippen LogP contribution in [-0.2, 0) is 10.0 Å². The maximum absolute atomic E-state index is 12.6. The van der Waals surface area contributed by atoms with Gasteiger partial charge in [0.1, 0.15) is 5.69 Å². The van der Waals surface area contributed by atoms with Crippen molar-refractivity contribution in [3.8, 4) is 0 Å². The standard InChI is InChI=1S/C16H25N5O4S/c1-4-20(5-2)26(24,25)14-6-7-15(16(12-14)21(22)23)18-17-13-8-10-19(3)11-9-13/h6-7,12,18H,4-5,8-11H2,1-3H3. The van der Waals surface area contributed by atoms with Gasteiger partial charge in [-0.05, 0) is 19.2 Å². The molecule has 1 saturated heterocycles. The van der Waals surface area contributed by atoms with Crippen LogP contribution in [0, 0.1) is 10.1 Å². The van der Waals surface area contributed by atoms with Crippen molar-refractivity contribution in [3.05, 3.63) is 28.3 Å². The molecule has 0 atom stereocenters. The van der Waals surface area contributed by atoms with Gasteiger partial charge in [-0.2, -0.15) is 9.41 Å². The molecule has 0 amide bonds. The van der Waals surface area contributed by atoms with Crippen LogP contribution < -0.4 is 5.43 Å². The fourth-order valence-electron chi connectivity index (χ4n) is 2.76. The molecule has 1 fully saturated rings. The van der Waals surface area contributed by atoms with Gasteiger partial charge in [-0.1, -0.05) is 13.8 Å². The molecular weight excluding hydrogens is 358 g/mol. The molecule has 10 heteroatoms. The maximum atomic E-state index is 12.6. The van der Waals surface area contributed by atoms with Crippen molar-refractivity contribution >= 4 is 27.1 Å². The van der Waals surface area contributed by atoms with Crippen molar-refractivity contribution < 1.29 is 13.3 Å². The van der Waals surface area contributed by atoms with Gasteiger partial charge in [0, 0.05) is 50.8 Å². The number of likely N-dealkylation sites (tertiary alicyclic amines) is 1. The van der Waals surface area contributed by atoms with Crippen LogP contribution in [0.3, 0.4) is 0 Å². The lowest BCUT2D eigenvalue weighted by Gasteiger charge is -2.22. The minimum atomic E-state index is -3.76. The summed E-state index contributed by atoms with van der Waals surface area (Å²) in [7, 11) is -1.72. The zero-order chi connectivity index (χ0) is 19.3. The van der Waals surface area contributed by atoms with E-state index in [1.54, 1.807) is 13.8 Å². The number of nitro benzene ring substituents is 1. The number of hydrogen-bond donors (Lipinski definition) is 1. The van der Waals surface area contributed by atoms with Gasteiger partial charge in [0.2, 0.25) is 10.0 Å². The van der Waals surface area contributed by atoms with E-state index in [9.17, 15) is 18.5 Å². The van der Waals surface area contributed by atoms with E-state index >= 15 is 0 Å². The normalized spacial score (nSPS) is 15.9. The van der Waals surface area contributed by atoms with Crippen LogP contribution in [0.5, 0.6) is 0 Å². The first-order valence-electron chi connectivity index (χ1n) is 8.58. The molecular formula is C16H25N5O4S. The van der Waals surface area contributed by atoms with Crippen LogP contribution in [0.25, 0.3) is 0 Å². The molecule has 26 heavy (non-hydrogen) atoms. The Morgan fingerprint density at radius 3 is 2.42 bits per heavy atom. The summed E-state index contributed by atoms with van der Waals surface area (Å²) in [6, 6.07) is 3.86. The zero-order valence-electron chi connectivity index (χ0n) is 15.3. The molecule has 1 aromatic carbocycles. The number of nitrogens with zero attached hydrogens (tertiary/aromatic N) is 4. The van der Waals surface area contributed by atoms with Crippen LogP contribution in [0.2, 0.25) is 0 Å². The average Bonchev–Trinajstić information content (AvgIpc) is 2.61. The zero-order valence-corrected chi connectivity index (χ0v) is 16.1. The van der Waals surface area contributed by atoms with Crippen LogP contribution in [0.4, 0.5) is 11.4 Å². The van der Waals surface area contributed by atoms with Gasteiger partial charge in [-0.3, -0.25) is 15.5 Å². The highest BCUT2D eigenvalue weighted by Gasteiger charge is 2.25. The van der Waals surface area contributed by atoms with E-state index in [0.29, 0.717) is 13.1 Å².